The summed E-state index contributed by atoms with van der Waals surface area (Å²) in [6.45, 7) is 5.55. The highest BCUT2D eigenvalue weighted by Gasteiger charge is 2.19. The molecular formula is C24H32N4O3. The van der Waals surface area contributed by atoms with E-state index in [9.17, 15) is 9.59 Å². The molecular weight excluding hydrogens is 392 g/mol. The Morgan fingerprint density at radius 3 is 2.29 bits per heavy atom. The van der Waals surface area contributed by atoms with E-state index in [1.165, 1.54) is 0 Å². The van der Waals surface area contributed by atoms with Crippen LogP contribution in [0.4, 0.5) is 11.4 Å². The van der Waals surface area contributed by atoms with Crippen LogP contribution in [0.15, 0.2) is 54.6 Å². The molecule has 0 aromatic heterocycles. The van der Waals surface area contributed by atoms with E-state index in [1.54, 1.807) is 23.9 Å². The number of carbonyl (C=O) groups is 2. The molecule has 1 heterocycles. The van der Waals surface area contributed by atoms with E-state index in [0.29, 0.717) is 0 Å². The van der Waals surface area contributed by atoms with Crippen LogP contribution >= 0.6 is 0 Å². The first-order valence-corrected chi connectivity index (χ1v) is 10.7. The maximum absolute atomic E-state index is 12.6. The smallest absolute Gasteiger partial charge is 0.238 e. The van der Waals surface area contributed by atoms with E-state index in [-0.39, 0.29) is 30.9 Å². The summed E-state index contributed by atoms with van der Waals surface area (Å²) in [7, 11) is 3.57. The van der Waals surface area contributed by atoms with Crippen molar-refractivity contribution >= 4 is 23.2 Å². The zero-order valence-electron chi connectivity index (χ0n) is 18.6. The van der Waals surface area contributed by atoms with Crippen molar-refractivity contribution in [3.05, 3.63) is 60.2 Å². The van der Waals surface area contributed by atoms with Crippen LogP contribution < -0.4 is 10.2 Å². The van der Waals surface area contributed by atoms with Gasteiger partial charge >= 0.3 is 0 Å². The normalized spacial score (nSPS) is 14.9. The number of hydrogen-bond donors (Lipinski definition) is 1. The number of nitrogens with zero attached hydrogens (tertiary/aromatic N) is 3. The van der Waals surface area contributed by atoms with Gasteiger partial charge in [-0.25, -0.2) is 0 Å². The molecule has 7 nitrogen and oxygen atoms in total. The van der Waals surface area contributed by atoms with Gasteiger partial charge in [0.15, 0.2) is 0 Å². The third-order valence-corrected chi connectivity index (χ3v) is 5.60. The SMILES string of the molecule is C[C@@H](c1ccccc1)N(C)C(=O)CN(C)CC(=O)Nc1ccc(N2CCOCC2)cc1. The van der Waals surface area contributed by atoms with Gasteiger partial charge in [0.25, 0.3) is 0 Å². The summed E-state index contributed by atoms with van der Waals surface area (Å²) in [6, 6.07) is 17.7. The molecule has 1 aliphatic heterocycles. The first-order valence-electron chi connectivity index (χ1n) is 10.7. The van der Waals surface area contributed by atoms with E-state index in [4.69, 9.17) is 4.74 Å². The quantitative estimate of drug-likeness (QED) is 0.706. The topological polar surface area (TPSA) is 65.1 Å². The summed E-state index contributed by atoms with van der Waals surface area (Å²) in [5.41, 5.74) is 2.95. The van der Waals surface area contributed by atoms with E-state index >= 15 is 0 Å². The summed E-state index contributed by atoms with van der Waals surface area (Å²) in [4.78, 5) is 30.8. The van der Waals surface area contributed by atoms with Gasteiger partial charge in [-0.15, -0.1) is 0 Å². The molecule has 0 radical (unpaired) electrons. The van der Waals surface area contributed by atoms with Gasteiger partial charge in [0.2, 0.25) is 11.8 Å². The van der Waals surface area contributed by atoms with E-state index < -0.39 is 0 Å². The minimum Gasteiger partial charge on any atom is -0.378 e. The number of morpholine rings is 1. The van der Waals surface area contributed by atoms with Crippen LogP contribution in [0.25, 0.3) is 0 Å². The molecule has 1 saturated heterocycles. The van der Waals surface area contributed by atoms with Crippen molar-refractivity contribution < 1.29 is 14.3 Å². The van der Waals surface area contributed by atoms with Crippen LogP contribution in [0.1, 0.15) is 18.5 Å². The molecule has 0 spiro atoms. The zero-order chi connectivity index (χ0) is 22.2. The molecule has 2 amide bonds. The predicted molar refractivity (Wildman–Crippen MR) is 123 cm³/mol. The summed E-state index contributed by atoms with van der Waals surface area (Å²) >= 11 is 0. The highest BCUT2D eigenvalue weighted by atomic mass is 16.5. The van der Waals surface area contributed by atoms with Crippen molar-refractivity contribution in [2.24, 2.45) is 0 Å². The number of hydrogen-bond acceptors (Lipinski definition) is 5. The molecule has 2 aromatic rings. The fourth-order valence-corrected chi connectivity index (χ4v) is 3.59. The lowest BCUT2D eigenvalue weighted by Crippen LogP contribution is -2.40. The molecule has 1 aliphatic rings. The first kappa shape index (κ1) is 22.8. The van der Waals surface area contributed by atoms with Gasteiger partial charge in [0.1, 0.15) is 0 Å². The average Bonchev–Trinajstić information content (AvgIpc) is 2.79. The number of ether oxygens (including phenoxy) is 1. The number of amides is 2. The van der Waals surface area contributed by atoms with Crippen molar-refractivity contribution in [1.82, 2.24) is 9.80 Å². The first-order chi connectivity index (χ1) is 14.9. The van der Waals surface area contributed by atoms with Gasteiger partial charge in [-0.3, -0.25) is 14.5 Å². The fraction of sp³-hybridized carbons (Fsp3) is 0.417. The second kappa shape index (κ2) is 10.9. The average molecular weight is 425 g/mol. The Morgan fingerprint density at radius 1 is 1.00 bits per heavy atom. The Labute approximate surface area is 184 Å². The summed E-state index contributed by atoms with van der Waals surface area (Å²) in [5.74, 6) is -0.172. The third-order valence-electron chi connectivity index (χ3n) is 5.60. The second-order valence-electron chi connectivity index (χ2n) is 7.96. The van der Waals surface area contributed by atoms with Crippen LogP contribution in [-0.2, 0) is 14.3 Å². The van der Waals surface area contributed by atoms with Crippen LogP contribution in [0.2, 0.25) is 0 Å². The Bertz CT molecular complexity index is 851. The lowest BCUT2D eigenvalue weighted by Gasteiger charge is -2.29. The van der Waals surface area contributed by atoms with Crippen molar-refractivity contribution in [1.29, 1.82) is 0 Å². The van der Waals surface area contributed by atoms with Crippen molar-refractivity contribution in [2.75, 3.05) is 63.7 Å². The van der Waals surface area contributed by atoms with Crippen molar-refractivity contribution in [3.63, 3.8) is 0 Å². The molecule has 3 rings (SSSR count). The lowest BCUT2D eigenvalue weighted by atomic mass is 10.1. The summed E-state index contributed by atoms with van der Waals surface area (Å²) in [6.07, 6.45) is 0. The second-order valence-corrected chi connectivity index (χ2v) is 7.96. The van der Waals surface area contributed by atoms with Crippen LogP contribution in [0, 0.1) is 0 Å². The van der Waals surface area contributed by atoms with E-state index in [2.05, 4.69) is 10.2 Å². The lowest BCUT2D eigenvalue weighted by molar-refractivity contribution is -0.133. The Hall–Kier alpha value is -2.90. The molecule has 0 unspecified atom stereocenters. The number of rotatable bonds is 8. The number of nitrogens with one attached hydrogen (secondary N) is 1. The van der Waals surface area contributed by atoms with E-state index in [0.717, 1.165) is 43.2 Å². The Balaban J connectivity index is 1.46. The fourth-order valence-electron chi connectivity index (χ4n) is 3.59. The number of benzene rings is 2. The van der Waals surface area contributed by atoms with Crippen LogP contribution in [-0.4, -0.2) is 75.1 Å². The van der Waals surface area contributed by atoms with Crippen molar-refractivity contribution in [2.45, 2.75) is 13.0 Å². The van der Waals surface area contributed by atoms with Gasteiger partial charge in [-0.2, -0.15) is 0 Å². The van der Waals surface area contributed by atoms with Crippen molar-refractivity contribution in [3.8, 4) is 0 Å². The van der Waals surface area contributed by atoms with Crippen LogP contribution in [0.5, 0.6) is 0 Å². The molecule has 0 saturated carbocycles. The van der Waals surface area contributed by atoms with E-state index in [1.807, 2.05) is 61.5 Å². The Kier molecular flexibility index (Phi) is 8.03. The minimum absolute atomic E-state index is 0.0264. The largest absolute Gasteiger partial charge is 0.378 e. The molecule has 1 atom stereocenters. The third kappa shape index (κ3) is 6.54. The minimum atomic E-state index is -0.145. The van der Waals surface area contributed by atoms with Gasteiger partial charge in [0.05, 0.1) is 32.3 Å². The highest BCUT2D eigenvalue weighted by molar-refractivity contribution is 5.92. The molecule has 2 aromatic carbocycles. The molecule has 7 heteroatoms. The van der Waals surface area contributed by atoms with Crippen LogP contribution in [0.3, 0.4) is 0 Å². The molecule has 166 valence electrons. The Morgan fingerprint density at radius 2 is 1.65 bits per heavy atom. The maximum Gasteiger partial charge on any atom is 0.238 e. The highest BCUT2D eigenvalue weighted by Crippen LogP contribution is 2.20. The predicted octanol–water partition coefficient (Wildman–Crippen LogP) is 2.61. The molecule has 0 aliphatic carbocycles. The van der Waals surface area contributed by atoms with Gasteiger partial charge in [-0.1, -0.05) is 30.3 Å². The number of carbonyl (C=O) groups excluding carboxylic acids is 2. The van der Waals surface area contributed by atoms with Gasteiger partial charge < -0.3 is 19.9 Å². The number of likely N-dealkylation sites (N-methyl/N-ethyl adjacent to an activating group) is 2. The van der Waals surface area contributed by atoms with Gasteiger partial charge in [0, 0.05) is 31.5 Å². The molecule has 31 heavy (non-hydrogen) atoms. The summed E-state index contributed by atoms with van der Waals surface area (Å²) in [5, 5.41) is 2.91. The van der Waals surface area contributed by atoms with Gasteiger partial charge in [-0.05, 0) is 43.8 Å². The monoisotopic (exact) mass is 424 g/mol. The molecule has 1 fully saturated rings. The number of anilines is 2. The standard InChI is InChI=1S/C24H32N4O3/c1-19(20-7-5-4-6-8-20)27(3)24(30)18-26(2)17-23(29)25-21-9-11-22(12-10-21)28-13-15-31-16-14-28/h4-12,19H,13-18H2,1-3H3,(H,25,29)/t19-/m0/s1. The zero-order valence-corrected chi connectivity index (χ0v) is 18.6. The maximum atomic E-state index is 12.6. The molecule has 0 bridgehead atoms. The summed E-state index contributed by atoms with van der Waals surface area (Å²) < 4.78 is 5.38. The molecule has 1 N–H and O–H groups in total.